The van der Waals surface area contributed by atoms with Crippen molar-refractivity contribution in [3.05, 3.63) is 71.8 Å². The molecule has 144 valence electrons. The number of quaternary nitrogens is 1. The van der Waals surface area contributed by atoms with Crippen LogP contribution in [0.3, 0.4) is 0 Å². The molecule has 0 aromatic heterocycles. The molecule has 0 unspecified atom stereocenters. The molecule has 2 heteroatoms. The molecular formula is C24H36IN. The van der Waals surface area contributed by atoms with E-state index in [4.69, 9.17) is 0 Å². The van der Waals surface area contributed by atoms with Gasteiger partial charge in [0.1, 0.15) is 0 Å². The minimum Gasteiger partial charge on any atom is -1.00 e. The standard InChI is InChI=1S/C24H36N.HI/c1-4-6-19-25(3,20-7-5-2)21-18-24(22-14-10-8-11-15-22)23-16-12-9-13-17-23;/h8-17,24H,4-7,18-21H2,1-3H3;1H/q+1;/p-1. The number of hydrogen-bond donors (Lipinski definition) is 0. The van der Waals surface area contributed by atoms with E-state index in [2.05, 4.69) is 81.6 Å². The number of rotatable bonds is 11. The highest BCUT2D eigenvalue weighted by Crippen LogP contribution is 2.29. The van der Waals surface area contributed by atoms with Gasteiger partial charge in [-0.2, -0.15) is 0 Å². The predicted molar refractivity (Wildman–Crippen MR) is 110 cm³/mol. The first kappa shape index (κ1) is 23.2. The zero-order chi connectivity index (χ0) is 18.0. The Hall–Kier alpha value is -0.870. The molecule has 1 nitrogen and oxygen atoms in total. The third kappa shape index (κ3) is 7.40. The van der Waals surface area contributed by atoms with Gasteiger partial charge in [0.25, 0.3) is 0 Å². The number of halogens is 1. The van der Waals surface area contributed by atoms with Crippen molar-refractivity contribution < 1.29 is 28.5 Å². The van der Waals surface area contributed by atoms with Crippen LogP contribution in [0.1, 0.15) is 63.0 Å². The first-order valence-electron chi connectivity index (χ1n) is 10.1. The predicted octanol–water partition coefficient (Wildman–Crippen LogP) is 3.26. The van der Waals surface area contributed by atoms with Gasteiger partial charge in [-0.05, 0) is 24.0 Å². The van der Waals surface area contributed by atoms with Crippen LogP contribution in [0.2, 0.25) is 0 Å². The zero-order valence-corrected chi connectivity index (χ0v) is 19.0. The third-order valence-electron chi connectivity index (χ3n) is 5.46. The Labute approximate surface area is 178 Å². The Kier molecular flexibility index (Phi) is 11.1. The summed E-state index contributed by atoms with van der Waals surface area (Å²) in [5, 5.41) is 0. The van der Waals surface area contributed by atoms with E-state index in [1.807, 2.05) is 0 Å². The summed E-state index contributed by atoms with van der Waals surface area (Å²) in [7, 11) is 2.47. The van der Waals surface area contributed by atoms with Gasteiger partial charge in [0.2, 0.25) is 0 Å². The van der Waals surface area contributed by atoms with Crippen LogP contribution in [0.25, 0.3) is 0 Å². The topological polar surface area (TPSA) is 0 Å². The van der Waals surface area contributed by atoms with Crippen molar-refractivity contribution in [2.24, 2.45) is 0 Å². The van der Waals surface area contributed by atoms with Crippen molar-refractivity contribution in [2.45, 2.75) is 51.9 Å². The second kappa shape index (κ2) is 12.5. The molecule has 0 bridgehead atoms. The van der Waals surface area contributed by atoms with Gasteiger partial charge in [-0.1, -0.05) is 87.4 Å². The van der Waals surface area contributed by atoms with Gasteiger partial charge < -0.3 is 28.5 Å². The lowest BCUT2D eigenvalue weighted by Gasteiger charge is -2.36. The highest BCUT2D eigenvalue weighted by atomic mass is 127. The van der Waals surface area contributed by atoms with Gasteiger partial charge >= 0.3 is 0 Å². The second-order valence-corrected chi connectivity index (χ2v) is 7.66. The number of nitrogens with zero attached hydrogens (tertiary/aromatic N) is 1. The Balaban J connectivity index is 0.00000338. The maximum absolute atomic E-state index is 2.47. The average molecular weight is 465 g/mol. The molecule has 0 atom stereocenters. The first-order chi connectivity index (χ1) is 12.2. The largest absolute Gasteiger partial charge is 1.00 e. The van der Waals surface area contributed by atoms with Crippen LogP contribution in [0, 0.1) is 0 Å². The van der Waals surface area contributed by atoms with Crippen LogP contribution in [0.15, 0.2) is 60.7 Å². The summed E-state index contributed by atoms with van der Waals surface area (Å²) in [5.74, 6) is 0.503. The van der Waals surface area contributed by atoms with Gasteiger partial charge in [-0.25, -0.2) is 0 Å². The molecule has 26 heavy (non-hydrogen) atoms. The van der Waals surface area contributed by atoms with Crippen molar-refractivity contribution in [2.75, 3.05) is 26.7 Å². The van der Waals surface area contributed by atoms with E-state index < -0.39 is 0 Å². The highest BCUT2D eigenvalue weighted by Gasteiger charge is 2.24. The van der Waals surface area contributed by atoms with Crippen molar-refractivity contribution in [3.63, 3.8) is 0 Å². The van der Waals surface area contributed by atoms with Gasteiger partial charge in [-0.3, -0.25) is 0 Å². The van der Waals surface area contributed by atoms with Crippen LogP contribution in [0.4, 0.5) is 0 Å². The minimum atomic E-state index is 0. The van der Waals surface area contributed by atoms with Crippen molar-refractivity contribution in [3.8, 4) is 0 Å². The minimum absolute atomic E-state index is 0. The number of benzene rings is 2. The second-order valence-electron chi connectivity index (χ2n) is 7.66. The van der Waals surface area contributed by atoms with Crippen LogP contribution >= 0.6 is 0 Å². The SMILES string of the molecule is CCCC[N+](C)(CCCC)CCC(c1ccccc1)c1ccccc1.[I-]. The summed E-state index contributed by atoms with van der Waals surface area (Å²) in [4.78, 5) is 0. The van der Waals surface area contributed by atoms with E-state index in [-0.39, 0.29) is 24.0 Å². The average Bonchev–Trinajstić information content (AvgIpc) is 2.67. The molecule has 0 aliphatic carbocycles. The third-order valence-corrected chi connectivity index (χ3v) is 5.46. The van der Waals surface area contributed by atoms with Crippen molar-refractivity contribution in [1.29, 1.82) is 0 Å². The van der Waals surface area contributed by atoms with Gasteiger partial charge in [0.15, 0.2) is 0 Å². The Bertz CT molecular complexity index is 534. The lowest BCUT2D eigenvalue weighted by Crippen LogP contribution is -3.00. The Morgan fingerprint density at radius 3 is 1.50 bits per heavy atom. The van der Waals surface area contributed by atoms with Crippen LogP contribution in [-0.4, -0.2) is 31.2 Å². The molecule has 0 aliphatic rings. The molecule has 2 aromatic rings. The quantitative estimate of drug-likeness (QED) is 0.353. The molecule has 0 N–H and O–H groups in total. The van der Waals surface area contributed by atoms with E-state index >= 15 is 0 Å². The van der Waals surface area contributed by atoms with Gasteiger partial charge in [-0.15, -0.1) is 0 Å². The number of hydrogen-bond acceptors (Lipinski definition) is 0. The maximum atomic E-state index is 2.47. The maximum Gasteiger partial charge on any atom is 0.0793 e. The van der Waals surface area contributed by atoms with E-state index in [0.717, 1.165) is 0 Å². The highest BCUT2D eigenvalue weighted by molar-refractivity contribution is 5.32. The van der Waals surface area contributed by atoms with Crippen molar-refractivity contribution >= 4 is 0 Å². The van der Waals surface area contributed by atoms with Crippen LogP contribution in [0.5, 0.6) is 0 Å². The molecule has 0 saturated heterocycles. The summed E-state index contributed by atoms with van der Waals surface area (Å²) < 4.78 is 1.22. The summed E-state index contributed by atoms with van der Waals surface area (Å²) in [6.07, 6.45) is 6.47. The smallest absolute Gasteiger partial charge is 0.0793 e. The van der Waals surface area contributed by atoms with E-state index in [1.165, 1.54) is 67.3 Å². The molecular weight excluding hydrogens is 429 g/mol. The van der Waals surface area contributed by atoms with E-state index in [9.17, 15) is 0 Å². The fourth-order valence-corrected chi connectivity index (χ4v) is 3.75. The number of unbranched alkanes of at least 4 members (excludes halogenated alkanes) is 2. The molecule has 0 amide bonds. The van der Waals surface area contributed by atoms with Crippen LogP contribution < -0.4 is 24.0 Å². The molecule has 2 rings (SSSR count). The van der Waals surface area contributed by atoms with Gasteiger partial charge in [0.05, 0.1) is 26.7 Å². The molecule has 0 heterocycles. The van der Waals surface area contributed by atoms with Crippen molar-refractivity contribution in [1.82, 2.24) is 0 Å². The fraction of sp³-hybridized carbons (Fsp3) is 0.500. The lowest BCUT2D eigenvalue weighted by molar-refractivity contribution is -0.910. The zero-order valence-electron chi connectivity index (χ0n) is 16.8. The first-order valence-corrected chi connectivity index (χ1v) is 10.1. The summed E-state index contributed by atoms with van der Waals surface area (Å²) in [6.45, 7) is 8.50. The fourth-order valence-electron chi connectivity index (χ4n) is 3.75. The molecule has 0 radical (unpaired) electrons. The monoisotopic (exact) mass is 465 g/mol. The molecule has 2 aromatic carbocycles. The lowest BCUT2D eigenvalue weighted by atomic mass is 9.88. The van der Waals surface area contributed by atoms with E-state index in [0.29, 0.717) is 5.92 Å². The Morgan fingerprint density at radius 1 is 0.692 bits per heavy atom. The van der Waals surface area contributed by atoms with E-state index in [1.54, 1.807) is 0 Å². The summed E-state index contributed by atoms with van der Waals surface area (Å²) >= 11 is 0. The molecule has 0 spiro atoms. The van der Waals surface area contributed by atoms with Gasteiger partial charge in [0, 0.05) is 12.3 Å². The summed E-state index contributed by atoms with van der Waals surface area (Å²) in [6, 6.07) is 22.1. The molecule has 0 fully saturated rings. The molecule has 0 saturated carbocycles. The Morgan fingerprint density at radius 2 is 1.12 bits per heavy atom. The normalized spacial score (nSPS) is 11.4. The summed E-state index contributed by atoms with van der Waals surface area (Å²) in [5.41, 5.74) is 2.90. The van der Waals surface area contributed by atoms with Crippen LogP contribution in [-0.2, 0) is 0 Å². The molecule has 0 aliphatic heterocycles.